The Hall–Kier alpha value is -1.55. The summed E-state index contributed by atoms with van der Waals surface area (Å²) in [5.41, 5.74) is 2.74. The van der Waals surface area contributed by atoms with Crippen LogP contribution in [-0.2, 0) is 0 Å². The normalized spacial score (nSPS) is 22.2. The average Bonchev–Trinajstić information content (AvgIpc) is 2.47. The first-order valence-corrected chi connectivity index (χ1v) is 7.84. The van der Waals surface area contributed by atoms with E-state index in [2.05, 4.69) is 12.2 Å². The van der Waals surface area contributed by atoms with Gasteiger partial charge in [0.1, 0.15) is 0 Å². The van der Waals surface area contributed by atoms with E-state index in [0.717, 1.165) is 37.2 Å². The molecule has 1 aliphatic heterocycles. The Kier molecular flexibility index (Phi) is 5.23. The van der Waals surface area contributed by atoms with Crippen LogP contribution in [0.15, 0.2) is 18.2 Å². The van der Waals surface area contributed by atoms with Crippen molar-refractivity contribution in [2.24, 2.45) is 5.92 Å². The van der Waals surface area contributed by atoms with Gasteiger partial charge >= 0.3 is 0 Å². The minimum atomic E-state index is -0.416. The molecular weight excluding hydrogens is 264 g/mol. The van der Waals surface area contributed by atoms with Crippen molar-refractivity contribution in [1.29, 1.82) is 0 Å². The van der Waals surface area contributed by atoms with Gasteiger partial charge in [0.2, 0.25) is 0 Å². The maximum atomic E-state index is 12.7. The van der Waals surface area contributed by atoms with Gasteiger partial charge in [-0.2, -0.15) is 0 Å². The lowest BCUT2D eigenvalue weighted by Crippen LogP contribution is -2.46. The number of benzene rings is 1. The number of rotatable bonds is 4. The molecule has 4 heteroatoms. The van der Waals surface area contributed by atoms with Crippen LogP contribution in [0, 0.1) is 12.8 Å². The number of β-amino-alcohol motifs (C(OH)–C–C–N with tert-alkyl or cyclic N) is 1. The highest BCUT2D eigenvalue weighted by atomic mass is 16.3. The third-order valence-electron chi connectivity index (χ3n) is 4.18. The maximum Gasteiger partial charge on any atom is 0.256 e. The Morgan fingerprint density at radius 3 is 2.90 bits per heavy atom. The lowest BCUT2D eigenvalue weighted by Gasteiger charge is -2.34. The molecule has 0 saturated carbocycles. The SMILES string of the molecule is CCCNc1cc(C)ccc1C(=O)N1CCC(C)C(O)C1. The first kappa shape index (κ1) is 15.8. The molecule has 1 fully saturated rings. The number of anilines is 1. The Morgan fingerprint density at radius 1 is 1.48 bits per heavy atom. The summed E-state index contributed by atoms with van der Waals surface area (Å²) in [5, 5.41) is 13.3. The summed E-state index contributed by atoms with van der Waals surface area (Å²) in [5.74, 6) is 0.282. The van der Waals surface area contributed by atoms with Crippen LogP contribution in [-0.4, -0.2) is 41.7 Å². The number of aliphatic hydroxyl groups is 1. The largest absolute Gasteiger partial charge is 0.391 e. The number of carbonyl (C=O) groups excluding carboxylic acids is 1. The van der Waals surface area contributed by atoms with Crippen molar-refractivity contribution >= 4 is 11.6 Å². The summed E-state index contributed by atoms with van der Waals surface area (Å²) in [6.07, 6.45) is 1.46. The lowest BCUT2D eigenvalue weighted by atomic mass is 9.95. The van der Waals surface area contributed by atoms with Crippen LogP contribution in [0.1, 0.15) is 42.6 Å². The Morgan fingerprint density at radius 2 is 2.24 bits per heavy atom. The van der Waals surface area contributed by atoms with E-state index in [-0.39, 0.29) is 11.8 Å². The zero-order valence-electron chi connectivity index (χ0n) is 13.2. The fourth-order valence-electron chi connectivity index (χ4n) is 2.65. The molecule has 4 nitrogen and oxygen atoms in total. The van der Waals surface area contributed by atoms with Gasteiger partial charge in [-0.25, -0.2) is 0 Å². The van der Waals surface area contributed by atoms with Crippen LogP contribution in [0.4, 0.5) is 5.69 Å². The summed E-state index contributed by atoms with van der Waals surface area (Å²) in [6, 6.07) is 5.87. The molecule has 116 valence electrons. The van der Waals surface area contributed by atoms with Crippen molar-refractivity contribution in [2.75, 3.05) is 25.0 Å². The third-order valence-corrected chi connectivity index (χ3v) is 4.18. The lowest BCUT2D eigenvalue weighted by molar-refractivity contribution is 0.0249. The first-order chi connectivity index (χ1) is 10.0. The van der Waals surface area contributed by atoms with Crippen molar-refractivity contribution in [2.45, 2.75) is 39.7 Å². The monoisotopic (exact) mass is 290 g/mol. The number of aliphatic hydroxyl groups excluding tert-OH is 1. The number of carbonyl (C=O) groups is 1. The topological polar surface area (TPSA) is 52.6 Å². The summed E-state index contributed by atoms with van der Waals surface area (Å²) in [4.78, 5) is 14.5. The van der Waals surface area contributed by atoms with Gasteiger partial charge in [-0.05, 0) is 43.4 Å². The number of nitrogens with zero attached hydrogens (tertiary/aromatic N) is 1. The van der Waals surface area contributed by atoms with Crippen LogP contribution < -0.4 is 5.32 Å². The molecule has 21 heavy (non-hydrogen) atoms. The van der Waals surface area contributed by atoms with Crippen LogP contribution in [0.3, 0.4) is 0 Å². The van der Waals surface area contributed by atoms with Gasteiger partial charge in [-0.1, -0.05) is 19.9 Å². The van der Waals surface area contributed by atoms with Gasteiger partial charge in [0.25, 0.3) is 5.91 Å². The van der Waals surface area contributed by atoms with E-state index in [1.54, 1.807) is 4.90 Å². The molecule has 2 N–H and O–H groups in total. The van der Waals surface area contributed by atoms with Crippen molar-refractivity contribution in [1.82, 2.24) is 4.90 Å². The second-order valence-electron chi connectivity index (χ2n) is 6.06. The average molecular weight is 290 g/mol. The zero-order chi connectivity index (χ0) is 15.4. The fourth-order valence-corrected chi connectivity index (χ4v) is 2.65. The molecule has 1 saturated heterocycles. The summed E-state index contributed by atoms with van der Waals surface area (Å²) in [6.45, 7) is 8.17. The molecule has 1 heterocycles. The molecule has 0 aromatic heterocycles. The molecule has 2 unspecified atom stereocenters. The van der Waals surface area contributed by atoms with E-state index in [0.29, 0.717) is 12.1 Å². The van der Waals surface area contributed by atoms with Gasteiger partial charge < -0.3 is 15.3 Å². The number of hydrogen-bond donors (Lipinski definition) is 2. The van der Waals surface area contributed by atoms with Gasteiger partial charge in [0.05, 0.1) is 11.7 Å². The summed E-state index contributed by atoms with van der Waals surface area (Å²) in [7, 11) is 0. The molecule has 0 spiro atoms. The number of piperidine rings is 1. The minimum Gasteiger partial charge on any atom is -0.391 e. The van der Waals surface area contributed by atoms with Gasteiger partial charge in [-0.3, -0.25) is 4.79 Å². The highest BCUT2D eigenvalue weighted by Crippen LogP contribution is 2.23. The molecule has 0 aliphatic carbocycles. The van der Waals surface area contributed by atoms with Gasteiger partial charge in [0, 0.05) is 25.3 Å². The van der Waals surface area contributed by atoms with Crippen molar-refractivity contribution < 1.29 is 9.90 Å². The zero-order valence-corrected chi connectivity index (χ0v) is 13.2. The number of amides is 1. The molecule has 2 atom stereocenters. The fraction of sp³-hybridized carbons (Fsp3) is 0.588. The molecule has 1 aromatic rings. The van der Waals surface area contributed by atoms with E-state index in [1.807, 2.05) is 32.0 Å². The Labute approximate surface area is 127 Å². The summed E-state index contributed by atoms with van der Waals surface area (Å²) >= 11 is 0. The molecule has 1 aliphatic rings. The van der Waals surface area contributed by atoms with Crippen LogP contribution >= 0.6 is 0 Å². The predicted octanol–water partition coefficient (Wildman–Crippen LogP) is 2.66. The third kappa shape index (κ3) is 3.76. The minimum absolute atomic E-state index is 0.0135. The molecule has 1 aromatic carbocycles. The molecular formula is C17H26N2O2. The van der Waals surface area contributed by atoms with Gasteiger partial charge in [-0.15, -0.1) is 0 Å². The van der Waals surface area contributed by atoms with E-state index in [1.165, 1.54) is 0 Å². The van der Waals surface area contributed by atoms with E-state index in [4.69, 9.17) is 0 Å². The highest BCUT2D eigenvalue weighted by molar-refractivity contribution is 5.99. The second kappa shape index (κ2) is 6.94. The van der Waals surface area contributed by atoms with Gasteiger partial charge in [0.15, 0.2) is 0 Å². The molecule has 0 bridgehead atoms. The quantitative estimate of drug-likeness (QED) is 0.896. The standard InChI is InChI=1S/C17H26N2O2/c1-4-8-18-15-10-12(2)5-6-14(15)17(21)19-9-7-13(3)16(20)11-19/h5-6,10,13,16,18,20H,4,7-9,11H2,1-3H3. The van der Waals surface area contributed by atoms with Crippen molar-refractivity contribution in [3.05, 3.63) is 29.3 Å². The molecule has 1 amide bonds. The Bertz CT molecular complexity index is 502. The van der Waals surface area contributed by atoms with E-state index < -0.39 is 6.10 Å². The van der Waals surface area contributed by atoms with E-state index in [9.17, 15) is 9.90 Å². The van der Waals surface area contributed by atoms with Crippen LogP contribution in [0.5, 0.6) is 0 Å². The van der Waals surface area contributed by atoms with E-state index >= 15 is 0 Å². The molecule has 2 rings (SSSR count). The second-order valence-corrected chi connectivity index (χ2v) is 6.06. The number of aryl methyl sites for hydroxylation is 1. The van der Waals surface area contributed by atoms with Crippen LogP contribution in [0.25, 0.3) is 0 Å². The van der Waals surface area contributed by atoms with Crippen LogP contribution in [0.2, 0.25) is 0 Å². The van der Waals surface area contributed by atoms with Crippen molar-refractivity contribution in [3.63, 3.8) is 0 Å². The summed E-state index contributed by atoms with van der Waals surface area (Å²) < 4.78 is 0. The first-order valence-electron chi connectivity index (χ1n) is 7.84. The van der Waals surface area contributed by atoms with Crippen molar-refractivity contribution in [3.8, 4) is 0 Å². The predicted molar refractivity (Wildman–Crippen MR) is 85.7 cm³/mol. The smallest absolute Gasteiger partial charge is 0.256 e. The Balaban J connectivity index is 2.18. The highest BCUT2D eigenvalue weighted by Gasteiger charge is 2.28. The number of likely N-dealkylation sites (tertiary alicyclic amines) is 1. The number of nitrogens with one attached hydrogen (secondary N) is 1. The number of hydrogen-bond acceptors (Lipinski definition) is 3. The molecule has 0 radical (unpaired) electrons. The maximum absolute atomic E-state index is 12.7.